The van der Waals surface area contributed by atoms with Crippen molar-refractivity contribution in [2.24, 2.45) is 0 Å². The number of ether oxygens (including phenoxy) is 2. The normalized spacial score (nSPS) is 15.1. The van der Waals surface area contributed by atoms with Gasteiger partial charge in [0.15, 0.2) is 11.5 Å². The monoisotopic (exact) mass is 457 g/mol. The molecule has 1 aliphatic rings. The molecule has 3 aromatic heterocycles. The highest BCUT2D eigenvalue weighted by Gasteiger charge is 2.24. The molecule has 11 heteroatoms. The van der Waals surface area contributed by atoms with Gasteiger partial charge >= 0.3 is 5.69 Å². The van der Waals surface area contributed by atoms with Crippen molar-refractivity contribution in [3.05, 3.63) is 40.0 Å². The van der Waals surface area contributed by atoms with Crippen LogP contribution in [-0.2, 0) is 9.47 Å². The van der Waals surface area contributed by atoms with Crippen LogP contribution in [0.15, 0.2) is 29.3 Å². The van der Waals surface area contributed by atoms with Gasteiger partial charge in [-0.2, -0.15) is 9.97 Å². The van der Waals surface area contributed by atoms with E-state index in [1.807, 2.05) is 12.1 Å². The summed E-state index contributed by atoms with van der Waals surface area (Å²) in [6.45, 7) is 2.50. The highest BCUT2D eigenvalue weighted by atomic mass is 35.5. The number of halogens is 1. The van der Waals surface area contributed by atoms with Gasteiger partial charge in [0.2, 0.25) is 5.95 Å². The maximum Gasteiger partial charge on any atom is 0.328 e. The average Bonchev–Trinajstić information content (AvgIpc) is 3.37. The summed E-state index contributed by atoms with van der Waals surface area (Å²) in [6.07, 6.45) is 3.98. The first kappa shape index (κ1) is 20.9. The number of anilines is 1. The van der Waals surface area contributed by atoms with Crippen LogP contribution in [0.1, 0.15) is 25.3 Å². The summed E-state index contributed by atoms with van der Waals surface area (Å²) < 4.78 is 14.1. The fourth-order valence-electron chi connectivity index (χ4n) is 4.07. The van der Waals surface area contributed by atoms with Crippen molar-refractivity contribution in [2.45, 2.75) is 25.3 Å². The second kappa shape index (κ2) is 8.89. The van der Waals surface area contributed by atoms with E-state index in [2.05, 4.69) is 15.3 Å². The molecule has 4 heterocycles. The lowest BCUT2D eigenvalue weighted by atomic mass is 10.1. The molecule has 1 fully saturated rings. The molecule has 10 nitrogen and oxygen atoms in total. The second-order valence-corrected chi connectivity index (χ2v) is 8.17. The van der Waals surface area contributed by atoms with Crippen molar-refractivity contribution in [3.63, 3.8) is 0 Å². The van der Waals surface area contributed by atoms with Gasteiger partial charge in [-0.05, 0) is 37.5 Å². The third-order valence-corrected chi connectivity index (χ3v) is 5.89. The molecule has 1 aromatic carbocycles. The summed E-state index contributed by atoms with van der Waals surface area (Å²) in [5.74, 6) is 0.976. The quantitative estimate of drug-likeness (QED) is 0.410. The second-order valence-electron chi connectivity index (χ2n) is 7.74. The molecule has 168 valence electrons. The van der Waals surface area contributed by atoms with Crippen LogP contribution in [0.25, 0.3) is 28.1 Å². The Labute approximate surface area is 188 Å². The van der Waals surface area contributed by atoms with Crippen molar-refractivity contribution in [1.29, 1.82) is 0 Å². The highest BCUT2D eigenvalue weighted by Crippen LogP contribution is 2.27. The summed E-state index contributed by atoms with van der Waals surface area (Å²) in [6, 6.07) is 5.49. The van der Waals surface area contributed by atoms with Crippen LogP contribution < -0.4 is 11.0 Å². The third-order valence-electron chi connectivity index (χ3n) is 5.66. The van der Waals surface area contributed by atoms with Crippen LogP contribution in [0, 0.1) is 0 Å². The first-order valence-corrected chi connectivity index (χ1v) is 11.0. The van der Waals surface area contributed by atoms with Gasteiger partial charge in [-0.25, -0.2) is 9.78 Å². The predicted molar refractivity (Wildman–Crippen MR) is 122 cm³/mol. The summed E-state index contributed by atoms with van der Waals surface area (Å²) in [7, 11) is 1.67. The Hall–Kier alpha value is -2.95. The van der Waals surface area contributed by atoms with E-state index < -0.39 is 0 Å². The minimum Gasteiger partial charge on any atom is -0.385 e. The van der Waals surface area contributed by atoms with Gasteiger partial charge in [0.25, 0.3) is 0 Å². The predicted octanol–water partition coefficient (Wildman–Crippen LogP) is 2.91. The van der Waals surface area contributed by atoms with Gasteiger partial charge in [-0.3, -0.25) is 9.13 Å². The van der Waals surface area contributed by atoms with Crippen LogP contribution in [-0.4, -0.2) is 62.5 Å². The zero-order valence-corrected chi connectivity index (χ0v) is 18.4. The van der Waals surface area contributed by atoms with Crippen LogP contribution in [0.3, 0.4) is 0 Å². The minimum absolute atomic E-state index is 0.0167. The Balaban J connectivity index is 1.66. The molecule has 4 aromatic rings. The molecule has 0 aliphatic carbocycles. The number of H-pyrrole nitrogens is 1. The van der Waals surface area contributed by atoms with E-state index >= 15 is 0 Å². The Morgan fingerprint density at radius 2 is 2.16 bits per heavy atom. The van der Waals surface area contributed by atoms with Crippen LogP contribution >= 0.6 is 11.6 Å². The lowest BCUT2D eigenvalue weighted by Crippen LogP contribution is -2.27. The molecular weight excluding hydrogens is 434 g/mol. The Kier molecular flexibility index (Phi) is 5.81. The molecule has 32 heavy (non-hydrogen) atoms. The number of aromatic nitrogens is 6. The number of nitrogens with one attached hydrogen (secondary N) is 2. The van der Waals surface area contributed by atoms with Gasteiger partial charge in [-0.1, -0.05) is 11.6 Å². The molecule has 0 unspecified atom stereocenters. The number of rotatable bonds is 7. The molecule has 0 radical (unpaired) electrons. The summed E-state index contributed by atoms with van der Waals surface area (Å²) in [5.41, 5.74) is 2.52. The van der Waals surface area contributed by atoms with Crippen molar-refractivity contribution >= 4 is 39.6 Å². The molecule has 1 saturated heterocycles. The summed E-state index contributed by atoms with van der Waals surface area (Å²) in [5, 5.41) is 3.92. The van der Waals surface area contributed by atoms with E-state index in [9.17, 15) is 4.79 Å². The third kappa shape index (κ3) is 3.85. The fourth-order valence-corrected chi connectivity index (χ4v) is 4.24. The van der Waals surface area contributed by atoms with Crippen LogP contribution in [0.4, 0.5) is 5.82 Å². The highest BCUT2D eigenvalue weighted by molar-refractivity contribution is 6.31. The van der Waals surface area contributed by atoms with E-state index in [-0.39, 0.29) is 11.7 Å². The molecule has 0 bridgehead atoms. The number of nitrogens with zero attached hydrogens (tertiary/aromatic N) is 5. The van der Waals surface area contributed by atoms with Gasteiger partial charge in [0, 0.05) is 44.5 Å². The van der Waals surface area contributed by atoms with Crippen molar-refractivity contribution < 1.29 is 9.47 Å². The minimum atomic E-state index is -0.197. The summed E-state index contributed by atoms with van der Waals surface area (Å²) >= 11 is 6.22. The number of benzene rings is 1. The lowest BCUT2D eigenvalue weighted by Gasteiger charge is -2.23. The first-order valence-electron chi connectivity index (χ1n) is 10.6. The van der Waals surface area contributed by atoms with Crippen LogP contribution in [0.5, 0.6) is 0 Å². The Bertz CT molecular complexity index is 1310. The Morgan fingerprint density at radius 1 is 1.31 bits per heavy atom. The maximum atomic E-state index is 12.9. The lowest BCUT2D eigenvalue weighted by molar-refractivity contribution is 0.0697. The number of aromatic amines is 1. The molecule has 0 amide bonds. The molecule has 0 atom stereocenters. The van der Waals surface area contributed by atoms with E-state index in [0.717, 1.165) is 30.3 Å². The van der Waals surface area contributed by atoms with E-state index in [4.69, 9.17) is 31.0 Å². The van der Waals surface area contributed by atoms with E-state index in [0.29, 0.717) is 54.3 Å². The number of fused-ring (bicyclic) bond motifs is 2. The van der Waals surface area contributed by atoms with Gasteiger partial charge in [0.1, 0.15) is 11.8 Å². The summed E-state index contributed by atoms with van der Waals surface area (Å²) in [4.78, 5) is 29.9. The SMILES string of the molecule is COCCCNc1nc(-n2cnc3ccc(Cl)cc32)nc2c1[nH]c(=O)n2C1CCOCC1. The number of hydrogen-bond acceptors (Lipinski definition) is 7. The van der Waals surface area contributed by atoms with E-state index in [1.165, 1.54) is 0 Å². The zero-order chi connectivity index (χ0) is 22.1. The molecule has 0 spiro atoms. The number of imidazole rings is 2. The van der Waals surface area contributed by atoms with E-state index in [1.54, 1.807) is 28.6 Å². The fraction of sp³-hybridized carbons (Fsp3) is 0.429. The van der Waals surface area contributed by atoms with Gasteiger partial charge in [-0.15, -0.1) is 0 Å². The topological polar surface area (TPSA) is 112 Å². The Morgan fingerprint density at radius 3 is 2.97 bits per heavy atom. The molecule has 1 aliphatic heterocycles. The standard InChI is InChI=1S/C21H24ClN7O3/c1-31-8-2-7-23-18-17-19(29(21(30)25-17)14-5-9-32-10-6-14)27-20(26-18)28-12-24-15-4-3-13(22)11-16(15)28/h3-4,11-12,14H,2,5-10H2,1H3,(H,25,30)(H,23,26,27). The zero-order valence-electron chi connectivity index (χ0n) is 17.7. The molecular formula is C21H24ClN7O3. The molecule has 5 rings (SSSR count). The molecule has 2 N–H and O–H groups in total. The van der Waals surface area contributed by atoms with Gasteiger partial charge < -0.3 is 19.8 Å². The smallest absolute Gasteiger partial charge is 0.328 e. The van der Waals surface area contributed by atoms with Crippen molar-refractivity contribution in [1.82, 2.24) is 29.1 Å². The number of hydrogen-bond donors (Lipinski definition) is 2. The average molecular weight is 458 g/mol. The van der Waals surface area contributed by atoms with Crippen LogP contribution in [0.2, 0.25) is 5.02 Å². The maximum absolute atomic E-state index is 12.9. The first-order chi connectivity index (χ1) is 15.7. The van der Waals surface area contributed by atoms with Crippen molar-refractivity contribution in [3.8, 4) is 5.95 Å². The number of methoxy groups -OCH3 is 1. The molecule has 0 saturated carbocycles. The largest absolute Gasteiger partial charge is 0.385 e. The van der Waals surface area contributed by atoms with Crippen molar-refractivity contribution in [2.75, 3.05) is 38.8 Å². The van der Waals surface area contributed by atoms with Gasteiger partial charge in [0.05, 0.1) is 11.0 Å².